The number of halogens is 1. The minimum absolute atomic E-state index is 0.152. The molecule has 6 heteroatoms. The number of hydrogen-bond donors (Lipinski definition) is 2. The second kappa shape index (κ2) is 5.58. The lowest BCUT2D eigenvalue weighted by Gasteiger charge is -2.27. The van der Waals surface area contributed by atoms with Crippen LogP contribution in [0, 0.1) is 12.7 Å². The molecule has 0 aromatic heterocycles. The van der Waals surface area contributed by atoms with Crippen molar-refractivity contribution in [3.63, 3.8) is 0 Å². The summed E-state index contributed by atoms with van der Waals surface area (Å²) in [6.45, 7) is 2.06. The van der Waals surface area contributed by atoms with E-state index in [1.165, 1.54) is 25.1 Å². The van der Waals surface area contributed by atoms with Crippen molar-refractivity contribution < 1.29 is 23.8 Å². The molecule has 1 aliphatic rings. The van der Waals surface area contributed by atoms with E-state index in [0.717, 1.165) is 0 Å². The average molecular weight is 281 g/mol. The summed E-state index contributed by atoms with van der Waals surface area (Å²) < 4.78 is 18.7. The van der Waals surface area contributed by atoms with Crippen LogP contribution in [0.25, 0.3) is 0 Å². The Balaban J connectivity index is 2.20. The van der Waals surface area contributed by atoms with Crippen LogP contribution in [0.5, 0.6) is 0 Å². The topological polar surface area (TPSA) is 75.6 Å². The molecule has 108 valence electrons. The second-order valence-electron chi connectivity index (χ2n) is 5.02. The van der Waals surface area contributed by atoms with Crippen LogP contribution in [0.15, 0.2) is 18.2 Å². The third kappa shape index (κ3) is 2.96. The van der Waals surface area contributed by atoms with E-state index in [1.54, 1.807) is 0 Å². The van der Waals surface area contributed by atoms with Crippen LogP contribution in [0.4, 0.5) is 4.39 Å². The van der Waals surface area contributed by atoms with Gasteiger partial charge in [-0.3, -0.25) is 9.59 Å². The number of aliphatic carboxylic acids is 1. The second-order valence-corrected chi connectivity index (χ2v) is 5.02. The normalized spacial score (nSPS) is 21.7. The van der Waals surface area contributed by atoms with Crippen LogP contribution >= 0.6 is 0 Å². The number of rotatable bonds is 4. The Kier molecular flexibility index (Phi) is 4.04. The highest BCUT2D eigenvalue weighted by molar-refractivity contribution is 5.96. The Morgan fingerprint density at radius 2 is 2.25 bits per heavy atom. The Hall–Kier alpha value is -1.95. The highest BCUT2D eigenvalue weighted by atomic mass is 19.1. The van der Waals surface area contributed by atoms with Crippen molar-refractivity contribution >= 4 is 11.9 Å². The van der Waals surface area contributed by atoms with Gasteiger partial charge in [0.25, 0.3) is 5.91 Å². The first-order valence-electron chi connectivity index (χ1n) is 6.31. The van der Waals surface area contributed by atoms with Crippen LogP contribution in [0.2, 0.25) is 0 Å². The maximum absolute atomic E-state index is 13.5. The number of hydrogen-bond acceptors (Lipinski definition) is 3. The summed E-state index contributed by atoms with van der Waals surface area (Å²) in [4.78, 5) is 23.2. The zero-order valence-electron chi connectivity index (χ0n) is 11.1. The molecule has 1 aromatic rings. The van der Waals surface area contributed by atoms with E-state index in [0.29, 0.717) is 13.0 Å². The first-order valence-corrected chi connectivity index (χ1v) is 6.31. The number of ether oxygens (including phenoxy) is 1. The number of carbonyl (C=O) groups excluding carboxylic acids is 1. The summed E-state index contributed by atoms with van der Waals surface area (Å²) in [5.74, 6) is -1.95. The molecule has 1 heterocycles. The van der Waals surface area contributed by atoms with Gasteiger partial charge in [-0.1, -0.05) is 6.07 Å². The zero-order valence-corrected chi connectivity index (χ0v) is 11.1. The maximum atomic E-state index is 13.5. The molecule has 1 aliphatic heterocycles. The molecule has 1 atom stereocenters. The minimum Gasteiger partial charge on any atom is -0.481 e. The van der Waals surface area contributed by atoms with Crippen molar-refractivity contribution in [2.24, 2.45) is 0 Å². The van der Waals surface area contributed by atoms with Gasteiger partial charge in [-0.25, -0.2) is 4.39 Å². The fourth-order valence-electron chi connectivity index (χ4n) is 2.34. The van der Waals surface area contributed by atoms with E-state index < -0.39 is 23.2 Å². The summed E-state index contributed by atoms with van der Waals surface area (Å²) in [5, 5.41) is 11.7. The smallest absolute Gasteiger partial charge is 0.305 e. The van der Waals surface area contributed by atoms with E-state index in [2.05, 4.69) is 5.32 Å². The van der Waals surface area contributed by atoms with Crippen molar-refractivity contribution in [3.8, 4) is 0 Å². The molecule has 0 saturated carbocycles. The van der Waals surface area contributed by atoms with Crippen LogP contribution in [-0.4, -0.2) is 35.7 Å². The Morgan fingerprint density at radius 3 is 2.85 bits per heavy atom. The summed E-state index contributed by atoms with van der Waals surface area (Å²) in [5.41, 5.74) is -0.460. The lowest BCUT2D eigenvalue weighted by molar-refractivity contribution is -0.138. The molecule has 0 radical (unpaired) electrons. The Labute approximate surface area is 115 Å². The molecule has 2 N–H and O–H groups in total. The largest absolute Gasteiger partial charge is 0.481 e. The summed E-state index contributed by atoms with van der Waals surface area (Å²) in [6.07, 6.45) is 0.215. The Morgan fingerprint density at radius 1 is 1.50 bits per heavy atom. The predicted molar refractivity (Wildman–Crippen MR) is 69.0 cm³/mol. The molecule has 1 aromatic carbocycles. The first kappa shape index (κ1) is 14.5. The lowest BCUT2D eigenvalue weighted by atomic mass is 9.93. The fraction of sp³-hybridized carbons (Fsp3) is 0.429. The number of nitrogens with one attached hydrogen (secondary N) is 1. The van der Waals surface area contributed by atoms with Crippen molar-refractivity contribution in [2.45, 2.75) is 25.3 Å². The van der Waals surface area contributed by atoms with Crippen molar-refractivity contribution in [1.29, 1.82) is 0 Å². The van der Waals surface area contributed by atoms with E-state index in [-0.39, 0.29) is 24.2 Å². The molecule has 5 nitrogen and oxygen atoms in total. The van der Waals surface area contributed by atoms with Gasteiger partial charge in [0.1, 0.15) is 5.82 Å². The monoisotopic (exact) mass is 281 g/mol. The fourth-order valence-corrected chi connectivity index (χ4v) is 2.34. The lowest BCUT2D eigenvalue weighted by Crippen LogP contribution is -2.50. The van der Waals surface area contributed by atoms with Crippen molar-refractivity contribution in [2.75, 3.05) is 13.2 Å². The summed E-state index contributed by atoms with van der Waals surface area (Å²) in [6, 6.07) is 4.24. The molecule has 1 saturated heterocycles. The number of amides is 1. The van der Waals surface area contributed by atoms with Crippen LogP contribution < -0.4 is 5.32 Å². The molecule has 1 fully saturated rings. The van der Waals surface area contributed by atoms with Gasteiger partial charge in [-0.2, -0.15) is 0 Å². The molecule has 0 spiro atoms. The standard InChI is InChI=1S/C14H16FNO4/c1-9-10(3-2-4-11(9)15)13(19)16-14(7-12(17)18)5-6-20-8-14/h2-4H,5-8H2,1H3,(H,16,19)(H,17,18). The van der Waals surface area contributed by atoms with Crippen LogP contribution in [0.1, 0.15) is 28.8 Å². The van der Waals surface area contributed by atoms with Gasteiger partial charge in [-0.05, 0) is 31.0 Å². The maximum Gasteiger partial charge on any atom is 0.305 e. The van der Waals surface area contributed by atoms with Gasteiger partial charge in [0.05, 0.1) is 18.6 Å². The van der Waals surface area contributed by atoms with Crippen molar-refractivity contribution in [1.82, 2.24) is 5.32 Å². The summed E-state index contributed by atoms with van der Waals surface area (Å²) >= 11 is 0. The summed E-state index contributed by atoms with van der Waals surface area (Å²) in [7, 11) is 0. The van der Waals surface area contributed by atoms with E-state index in [1.807, 2.05) is 0 Å². The molecule has 1 unspecified atom stereocenters. The van der Waals surface area contributed by atoms with E-state index >= 15 is 0 Å². The molecule has 2 rings (SSSR count). The highest BCUT2D eigenvalue weighted by Crippen LogP contribution is 2.24. The molecule has 0 bridgehead atoms. The number of benzene rings is 1. The predicted octanol–water partition coefficient (Wildman–Crippen LogP) is 1.50. The molecule has 1 amide bonds. The quantitative estimate of drug-likeness (QED) is 0.877. The van der Waals surface area contributed by atoms with Gasteiger partial charge in [0.2, 0.25) is 0 Å². The number of carboxylic acids is 1. The molecular formula is C14H16FNO4. The van der Waals surface area contributed by atoms with Gasteiger partial charge in [0, 0.05) is 12.2 Å². The molecule has 20 heavy (non-hydrogen) atoms. The average Bonchev–Trinajstić information content (AvgIpc) is 2.79. The van der Waals surface area contributed by atoms with E-state index in [9.17, 15) is 14.0 Å². The molecular weight excluding hydrogens is 265 g/mol. The SMILES string of the molecule is Cc1c(F)cccc1C(=O)NC1(CC(=O)O)CCOC1. The van der Waals surface area contributed by atoms with E-state index in [4.69, 9.17) is 9.84 Å². The molecule has 0 aliphatic carbocycles. The first-order chi connectivity index (χ1) is 9.43. The number of carbonyl (C=O) groups is 2. The zero-order chi connectivity index (χ0) is 14.8. The third-order valence-corrected chi connectivity index (χ3v) is 3.48. The minimum atomic E-state index is -1.01. The number of carboxylic acid groups (broad SMARTS) is 1. The van der Waals surface area contributed by atoms with Gasteiger partial charge in [-0.15, -0.1) is 0 Å². The van der Waals surface area contributed by atoms with Gasteiger partial charge in [0.15, 0.2) is 0 Å². The third-order valence-electron chi connectivity index (χ3n) is 3.48. The Bertz CT molecular complexity index is 538. The van der Waals surface area contributed by atoms with Gasteiger partial charge < -0.3 is 15.2 Å². The highest BCUT2D eigenvalue weighted by Gasteiger charge is 2.39. The van der Waals surface area contributed by atoms with Crippen LogP contribution in [0.3, 0.4) is 0 Å². The van der Waals surface area contributed by atoms with Gasteiger partial charge >= 0.3 is 5.97 Å². The van der Waals surface area contributed by atoms with Crippen LogP contribution in [-0.2, 0) is 9.53 Å². The van der Waals surface area contributed by atoms with Crippen molar-refractivity contribution in [3.05, 3.63) is 35.1 Å².